The van der Waals surface area contributed by atoms with Crippen molar-refractivity contribution in [1.29, 1.82) is 0 Å². The topological polar surface area (TPSA) is 12.0 Å². The fourth-order valence-corrected chi connectivity index (χ4v) is 2.19. The van der Waals surface area contributed by atoms with Crippen molar-refractivity contribution in [3.63, 3.8) is 0 Å². The van der Waals surface area contributed by atoms with Crippen molar-refractivity contribution >= 4 is 0 Å². The summed E-state index contributed by atoms with van der Waals surface area (Å²) in [5.41, 5.74) is -0.592. The van der Waals surface area contributed by atoms with Crippen LogP contribution in [0.4, 0.5) is 8.78 Å². The maximum absolute atomic E-state index is 14.2. The van der Waals surface area contributed by atoms with Crippen molar-refractivity contribution in [2.45, 2.75) is 31.5 Å². The molecule has 1 aromatic carbocycles. The SMILES string of the molecule is CC1(F)CCCNC1c1cccc(F)c1. The Morgan fingerprint density at radius 2 is 2.27 bits per heavy atom. The number of nitrogens with one attached hydrogen (secondary N) is 1. The van der Waals surface area contributed by atoms with Gasteiger partial charge in [-0.15, -0.1) is 0 Å². The normalized spacial score (nSPS) is 31.5. The summed E-state index contributed by atoms with van der Waals surface area (Å²) in [5.74, 6) is -0.310. The third-order valence-electron chi connectivity index (χ3n) is 2.97. The summed E-state index contributed by atoms with van der Waals surface area (Å²) < 4.78 is 27.2. The Hall–Kier alpha value is -0.960. The predicted molar refractivity (Wildman–Crippen MR) is 55.9 cm³/mol. The van der Waals surface area contributed by atoms with Crippen LogP contribution >= 0.6 is 0 Å². The highest BCUT2D eigenvalue weighted by molar-refractivity contribution is 5.23. The van der Waals surface area contributed by atoms with E-state index in [1.165, 1.54) is 12.1 Å². The van der Waals surface area contributed by atoms with E-state index in [0.717, 1.165) is 13.0 Å². The summed E-state index contributed by atoms with van der Waals surface area (Å²) in [5, 5.41) is 3.11. The molecule has 2 atom stereocenters. The number of rotatable bonds is 1. The fourth-order valence-electron chi connectivity index (χ4n) is 2.19. The van der Waals surface area contributed by atoms with Gasteiger partial charge in [0, 0.05) is 0 Å². The fraction of sp³-hybridized carbons (Fsp3) is 0.500. The molecule has 0 aliphatic carbocycles. The first kappa shape index (κ1) is 10.6. The van der Waals surface area contributed by atoms with Crippen molar-refractivity contribution in [3.8, 4) is 0 Å². The summed E-state index contributed by atoms with van der Waals surface area (Å²) >= 11 is 0. The molecular weight excluding hydrogens is 196 g/mol. The first-order valence-electron chi connectivity index (χ1n) is 5.27. The van der Waals surface area contributed by atoms with E-state index in [9.17, 15) is 8.78 Å². The van der Waals surface area contributed by atoms with E-state index in [1.807, 2.05) is 0 Å². The molecule has 1 aliphatic rings. The lowest BCUT2D eigenvalue weighted by Crippen LogP contribution is -2.43. The zero-order valence-electron chi connectivity index (χ0n) is 8.76. The standard InChI is InChI=1S/C12H15F2N/c1-12(14)6-3-7-15-11(12)9-4-2-5-10(13)8-9/h2,4-5,8,11,15H,3,6-7H2,1H3. The number of hydrogen-bond acceptors (Lipinski definition) is 1. The minimum atomic E-state index is -1.29. The Bertz CT molecular complexity index is 349. The van der Waals surface area contributed by atoms with Crippen LogP contribution < -0.4 is 5.32 Å². The Morgan fingerprint density at radius 1 is 1.47 bits per heavy atom. The number of hydrogen-bond donors (Lipinski definition) is 1. The second-order valence-corrected chi connectivity index (χ2v) is 4.32. The average Bonchev–Trinajstić information content (AvgIpc) is 2.17. The van der Waals surface area contributed by atoms with Crippen LogP contribution in [0.2, 0.25) is 0 Å². The van der Waals surface area contributed by atoms with Gasteiger partial charge in [-0.05, 0) is 44.0 Å². The zero-order valence-corrected chi connectivity index (χ0v) is 8.76. The van der Waals surface area contributed by atoms with Gasteiger partial charge in [-0.3, -0.25) is 0 Å². The van der Waals surface area contributed by atoms with E-state index < -0.39 is 5.67 Å². The molecule has 1 fully saturated rings. The Kier molecular flexibility index (Phi) is 2.74. The Balaban J connectivity index is 2.29. The van der Waals surface area contributed by atoms with Gasteiger partial charge in [0.15, 0.2) is 0 Å². The maximum Gasteiger partial charge on any atom is 0.127 e. The Labute approximate surface area is 88.5 Å². The molecule has 0 amide bonds. The highest BCUT2D eigenvalue weighted by Crippen LogP contribution is 2.36. The lowest BCUT2D eigenvalue weighted by atomic mass is 9.85. The summed E-state index contributed by atoms with van der Waals surface area (Å²) in [6.45, 7) is 2.37. The van der Waals surface area contributed by atoms with Gasteiger partial charge in [-0.1, -0.05) is 12.1 Å². The van der Waals surface area contributed by atoms with Crippen LogP contribution in [0.15, 0.2) is 24.3 Å². The van der Waals surface area contributed by atoms with Crippen LogP contribution in [0.5, 0.6) is 0 Å². The van der Waals surface area contributed by atoms with Gasteiger partial charge in [0.2, 0.25) is 0 Å². The molecule has 1 nitrogen and oxygen atoms in total. The minimum Gasteiger partial charge on any atom is -0.307 e. The minimum absolute atomic E-state index is 0.310. The van der Waals surface area contributed by atoms with Crippen molar-refractivity contribution in [3.05, 3.63) is 35.6 Å². The van der Waals surface area contributed by atoms with Crippen LogP contribution in [-0.4, -0.2) is 12.2 Å². The largest absolute Gasteiger partial charge is 0.307 e. The molecule has 82 valence electrons. The van der Waals surface area contributed by atoms with Crippen LogP contribution in [0.25, 0.3) is 0 Å². The van der Waals surface area contributed by atoms with E-state index >= 15 is 0 Å². The van der Waals surface area contributed by atoms with E-state index in [1.54, 1.807) is 19.1 Å². The summed E-state index contributed by atoms with van der Waals surface area (Å²) in [6, 6.07) is 5.78. The second kappa shape index (κ2) is 3.89. The van der Waals surface area contributed by atoms with Crippen molar-refractivity contribution in [2.24, 2.45) is 0 Å². The third-order valence-corrected chi connectivity index (χ3v) is 2.97. The van der Waals surface area contributed by atoms with Crippen LogP contribution in [-0.2, 0) is 0 Å². The monoisotopic (exact) mass is 211 g/mol. The quantitative estimate of drug-likeness (QED) is 0.753. The molecule has 2 rings (SSSR count). The summed E-state index contributed by atoms with van der Waals surface area (Å²) in [6.07, 6.45) is 1.36. The highest BCUT2D eigenvalue weighted by atomic mass is 19.1. The van der Waals surface area contributed by atoms with Crippen LogP contribution in [0, 0.1) is 5.82 Å². The molecule has 3 heteroatoms. The first-order chi connectivity index (χ1) is 7.09. The van der Waals surface area contributed by atoms with Crippen LogP contribution in [0.1, 0.15) is 31.4 Å². The van der Waals surface area contributed by atoms with E-state index in [-0.39, 0.29) is 11.9 Å². The van der Waals surface area contributed by atoms with Gasteiger partial charge >= 0.3 is 0 Å². The molecule has 1 aliphatic heterocycles. The second-order valence-electron chi connectivity index (χ2n) is 4.32. The van der Waals surface area contributed by atoms with Gasteiger partial charge in [-0.2, -0.15) is 0 Å². The number of benzene rings is 1. The van der Waals surface area contributed by atoms with E-state index in [0.29, 0.717) is 12.0 Å². The molecule has 0 aromatic heterocycles. The molecule has 15 heavy (non-hydrogen) atoms. The number of piperidine rings is 1. The third kappa shape index (κ3) is 2.17. The van der Waals surface area contributed by atoms with Gasteiger partial charge in [0.25, 0.3) is 0 Å². The molecular formula is C12H15F2N. The molecule has 1 saturated heterocycles. The van der Waals surface area contributed by atoms with Gasteiger partial charge in [0.1, 0.15) is 11.5 Å². The lowest BCUT2D eigenvalue weighted by Gasteiger charge is -2.36. The average molecular weight is 211 g/mol. The highest BCUT2D eigenvalue weighted by Gasteiger charge is 2.37. The van der Waals surface area contributed by atoms with Crippen molar-refractivity contribution in [2.75, 3.05) is 6.54 Å². The van der Waals surface area contributed by atoms with Gasteiger partial charge < -0.3 is 5.32 Å². The molecule has 1 aromatic rings. The number of halogens is 2. The zero-order chi connectivity index (χ0) is 10.9. The summed E-state index contributed by atoms with van der Waals surface area (Å²) in [4.78, 5) is 0. The first-order valence-corrected chi connectivity index (χ1v) is 5.27. The Morgan fingerprint density at radius 3 is 2.93 bits per heavy atom. The molecule has 0 spiro atoms. The van der Waals surface area contributed by atoms with Gasteiger partial charge in [-0.25, -0.2) is 8.78 Å². The van der Waals surface area contributed by atoms with Crippen LogP contribution in [0.3, 0.4) is 0 Å². The molecule has 1 N–H and O–H groups in total. The number of alkyl halides is 1. The van der Waals surface area contributed by atoms with Crippen molar-refractivity contribution in [1.82, 2.24) is 5.32 Å². The van der Waals surface area contributed by atoms with E-state index in [2.05, 4.69) is 5.32 Å². The predicted octanol–water partition coefficient (Wildman–Crippen LogP) is 2.98. The van der Waals surface area contributed by atoms with E-state index in [4.69, 9.17) is 0 Å². The molecule has 0 saturated carbocycles. The molecule has 0 bridgehead atoms. The maximum atomic E-state index is 14.2. The molecule has 0 radical (unpaired) electrons. The van der Waals surface area contributed by atoms with Crippen molar-refractivity contribution < 1.29 is 8.78 Å². The van der Waals surface area contributed by atoms with Gasteiger partial charge in [0.05, 0.1) is 6.04 Å². The summed E-state index contributed by atoms with van der Waals surface area (Å²) in [7, 11) is 0. The lowest BCUT2D eigenvalue weighted by molar-refractivity contribution is 0.0882. The molecule has 2 unspecified atom stereocenters. The smallest absolute Gasteiger partial charge is 0.127 e. The molecule has 1 heterocycles.